The third kappa shape index (κ3) is 3.01. The van der Waals surface area contributed by atoms with Crippen molar-refractivity contribution in [1.29, 1.82) is 0 Å². The second-order valence-electron chi connectivity index (χ2n) is 5.82. The lowest BCUT2D eigenvalue weighted by atomic mass is 9.84. The lowest BCUT2D eigenvalue weighted by Gasteiger charge is -2.28. The Morgan fingerprint density at radius 1 is 1.21 bits per heavy atom. The van der Waals surface area contributed by atoms with Gasteiger partial charge in [-0.05, 0) is 37.8 Å². The minimum atomic E-state index is 0.591. The van der Waals surface area contributed by atoms with Gasteiger partial charge in [0.1, 0.15) is 11.3 Å². The maximum atomic E-state index is 5.84. The molecule has 1 saturated carbocycles. The number of fused-ring (bicyclic) bond motifs is 1. The molecule has 1 N–H and O–H groups in total. The van der Waals surface area contributed by atoms with Gasteiger partial charge in [0, 0.05) is 11.4 Å². The van der Waals surface area contributed by atoms with Gasteiger partial charge in [-0.1, -0.05) is 37.5 Å². The summed E-state index contributed by atoms with van der Waals surface area (Å²) in [5, 5.41) is 4.83. The topological polar surface area (TPSA) is 25.2 Å². The van der Waals surface area contributed by atoms with E-state index in [4.69, 9.17) is 4.42 Å². The molecule has 19 heavy (non-hydrogen) atoms. The molecule has 2 heteroatoms. The Labute approximate surface area is 115 Å². The van der Waals surface area contributed by atoms with E-state index in [9.17, 15) is 0 Å². The van der Waals surface area contributed by atoms with Gasteiger partial charge in [0.25, 0.3) is 0 Å². The number of rotatable bonds is 4. The number of para-hydroxylation sites is 1. The lowest BCUT2D eigenvalue weighted by Crippen LogP contribution is -2.34. The van der Waals surface area contributed by atoms with Gasteiger partial charge in [0.05, 0.1) is 6.54 Å². The smallest absolute Gasteiger partial charge is 0.134 e. The van der Waals surface area contributed by atoms with E-state index in [2.05, 4.69) is 30.4 Å². The number of furan rings is 1. The molecule has 0 radical (unpaired) electrons. The van der Waals surface area contributed by atoms with Crippen LogP contribution in [0.4, 0.5) is 0 Å². The van der Waals surface area contributed by atoms with Crippen molar-refractivity contribution in [3.8, 4) is 0 Å². The summed E-state index contributed by atoms with van der Waals surface area (Å²) in [6, 6.07) is 11.0. The Hall–Kier alpha value is -1.28. The Morgan fingerprint density at radius 2 is 2.00 bits per heavy atom. The van der Waals surface area contributed by atoms with Crippen LogP contribution in [0, 0.1) is 5.92 Å². The van der Waals surface area contributed by atoms with Crippen LogP contribution in [-0.2, 0) is 6.54 Å². The molecular formula is C17H23NO. The molecule has 0 unspecified atom stereocenters. The highest BCUT2D eigenvalue weighted by molar-refractivity contribution is 5.77. The SMILES string of the molecule is C[C@@H](NCc1cc2ccccc2o1)C1CCCCC1. The van der Waals surface area contributed by atoms with E-state index in [0.717, 1.165) is 23.8 Å². The molecule has 1 heterocycles. The summed E-state index contributed by atoms with van der Waals surface area (Å²) >= 11 is 0. The molecule has 0 aliphatic heterocycles. The molecule has 3 rings (SSSR count). The van der Waals surface area contributed by atoms with Crippen molar-refractivity contribution in [2.45, 2.75) is 51.6 Å². The summed E-state index contributed by atoms with van der Waals surface area (Å²) < 4.78 is 5.84. The molecule has 1 aromatic carbocycles. The monoisotopic (exact) mass is 257 g/mol. The van der Waals surface area contributed by atoms with Gasteiger partial charge < -0.3 is 9.73 Å². The summed E-state index contributed by atoms with van der Waals surface area (Å²) in [6.07, 6.45) is 7.00. The summed E-state index contributed by atoms with van der Waals surface area (Å²) in [5.74, 6) is 1.89. The first kappa shape index (κ1) is 12.7. The van der Waals surface area contributed by atoms with Crippen molar-refractivity contribution in [2.24, 2.45) is 5.92 Å². The van der Waals surface area contributed by atoms with Gasteiger partial charge in [0.2, 0.25) is 0 Å². The van der Waals surface area contributed by atoms with Gasteiger partial charge in [-0.2, -0.15) is 0 Å². The maximum absolute atomic E-state index is 5.84. The highest BCUT2D eigenvalue weighted by Crippen LogP contribution is 2.26. The summed E-state index contributed by atoms with van der Waals surface area (Å²) in [6.45, 7) is 3.16. The van der Waals surface area contributed by atoms with E-state index >= 15 is 0 Å². The average molecular weight is 257 g/mol. The van der Waals surface area contributed by atoms with Crippen molar-refractivity contribution in [1.82, 2.24) is 5.32 Å². The maximum Gasteiger partial charge on any atom is 0.134 e. The standard InChI is InChI=1S/C17H23NO/c1-13(14-7-3-2-4-8-14)18-12-16-11-15-9-5-6-10-17(15)19-16/h5-6,9-11,13-14,18H,2-4,7-8,12H2,1H3/t13-/m1/s1. The Balaban J connectivity index is 1.58. The number of hydrogen-bond donors (Lipinski definition) is 1. The highest BCUT2D eigenvalue weighted by atomic mass is 16.3. The van der Waals surface area contributed by atoms with Gasteiger partial charge in [-0.15, -0.1) is 0 Å². The first-order valence-corrected chi connectivity index (χ1v) is 7.54. The van der Waals surface area contributed by atoms with Crippen LogP contribution < -0.4 is 5.32 Å². The first-order valence-electron chi connectivity index (χ1n) is 7.54. The van der Waals surface area contributed by atoms with E-state index in [1.165, 1.54) is 37.5 Å². The zero-order chi connectivity index (χ0) is 13.1. The fourth-order valence-electron chi connectivity index (χ4n) is 3.19. The second-order valence-corrected chi connectivity index (χ2v) is 5.82. The van der Waals surface area contributed by atoms with Gasteiger partial charge in [-0.3, -0.25) is 0 Å². The normalized spacial score (nSPS) is 18.8. The highest BCUT2D eigenvalue weighted by Gasteiger charge is 2.19. The van der Waals surface area contributed by atoms with Gasteiger partial charge in [0.15, 0.2) is 0 Å². The van der Waals surface area contributed by atoms with Gasteiger partial charge >= 0.3 is 0 Å². The number of nitrogens with one attached hydrogen (secondary N) is 1. The van der Waals surface area contributed by atoms with Crippen LogP contribution in [-0.4, -0.2) is 6.04 Å². The quantitative estimate of drug-likeness (QED) is 0.873. The minimum Gasteiger partial charge on any atom is -0.460 e. The van der Waals surface area contributed by atoms with Crippen molar-refractivity contribution < 1.29 is 4.42 Å². The largest absolute Gasteiger partial charge is 0.460 e. The van der Waals surface area contributed by atoms with Crippen LogP contribution in [0.2, 0.25) is 0 Å². The molecule has 0 amide bonds. The summed E-state index contributed by atoms with van der Waals surface area (Å²) in [4.78, 5) is 0. The second kappa shape index (κ2) is 5.79. The molecule has 0 bridgehead atoms. The zero-order valence-corrected chi connectivity index (χ0v) is 11.7. The fourth-order valence-corrected chi connectivity index (χ4v) is 3.19. The predicted octanol–water partition coefficient (Wildman–Crippen LogP) is 4.49. The Bertz CT molecular complexity index is 492. The van der Waals surface area contributed by atoms with E-state index in [1.807, 2.05) is 12.1 Å². The fraction of sp³-hybridized carbons (Fsp3) is 0.529. The average Bonchev–Trinajstić information content (AvgIpc) is 2.88. The number of hydrogen-bond acceptors (Lipinski definition) is 2. The molecule has 1 fully saturated rings. The Morgan fingerprint density at radius 3 is 2.79 bits per heavy atom. The van der Waals surface area contributed by atoms with Crippen LogP contribution >= 0.6 is 0 Å². The third-order valence-electron chi connectivity index (χ3n) is 4.43. The molecule has 2 nitrogen and oxygen atoms in total. The van der Waals surface area contributed by atoms with E-state index in [0.29, 0.717) is 6.04 Å². The van der Waals surface area contributed by atoms with Crippen LogP contribution in [0.15, 0.2) is 34.7 Å². The molecule has 1 aliphatic rings. The molecule has 0 spiro atoms. The van der Waals surface area contributed by atoms with Crippen molar-refractivity contribution >= 4 is 11.0 Å². The summed E-state index contributed by atoms with van der Waals surface area (Å²) in [5.41, 5.74) is 0.990. The van der Waals surface area contributed by atoms with Crippen molar-refractivity contribution in [3.05, 3.63) is 36.1 Å². The predicted molar refractivity (Wildman–Crippen MR) is 79.1 cm³/mol. The zero-order valence-electron chi connectivity index (χ0n) is 11.7. The van der Waals surface area contributed by atoms with Crippen LogP contribution in [0.25, 0.3) is 11.0 Å². The molecule has 0 saturated heterocycles. The third-order valence-corrected chi connectivity index (χ3v) is 4.43. The van der Waals surface area contributed by atoms with E-state index in [1.54, 1.807) is 0 Å². The lowest BCUT2D eigenvalue weighted by molar-refractivity contribution is 0.276. The van der Waals surface area contributed by atoms with Crippen molar-refractivity contribution in [2.75, 3.05) is 0 Å². The van der Waals surface area contributed by atoms with Crippen molar-refractivity contribution in [3.63, 3.8) is 0 Å². The van der Waals surface area contributed by atoms with Crippen LogP contribution in [0.3, 0.4) is 0 Å². The van der Waals surface area contributed by atoms with E-state index in [-0.39, 0.29) is 0 Å². The molecule has 1 aromatic heterocycles. The minimum absolute atomic E-state index is 0.591. The summed E-state index contributed by atoms with van der Waals surface area (Å²) in [7, 11) is 0. The molecule has 1 atom stereocenters. The number of benzene rings is 1. The first-order chi connectivity index (χ1) is 9.33. The van der Waals surface area contributed by atoms with E-state index < -0.39 is 0 Å². The molecular weight excluding hydrogens is 234 g/mol. The van der Waals surface area contributed by atoms with Gasteiger partial charge in [-0.25, -0.2) is 0 Å². The Kier molecular flexibility index (Phi) is 3.88. The molecule has 1 aliphatic carbocycles. The van der Waals surface area contributed by atoms with Crippen LogP contribution in [0.1, 0.15) is 44.8 Å². The molecule has 102 valence electrons. The van der Waals surface area contributed by atoms with Crippen LogP contribution in [0.5, 0.6) is 0 Å². The molecule has 2 aromatic rings.